The molecule has 3 amide bonds. The molecule has 1 unspecified atom stereocenters. The Hall–Kier alpha value is -1.79. The normalized spacial score (nSPS) is 18.6. The van der Waals surface area contributed by atoms with Crippen molar-refractivity contribution in [1.29, 1.82) is 0 Å². The molecule has 18 heavy (non-hydrogen) atoms. The van der Waals surface area contributed by atoms with Gasteiger partial charge in [0.25, 0.3) is 0 Å². The number of amides is 3. The Morgan fingerprint density at radius 3 is 2.61 bits per heavy atom. The van der Waals surface area contributed by atoms with Crippen molar-refractivity contribution in [1.82, 2.24) is 15.1 Å². The van der Waals surface area contributed by atoms with Gasteiger partial charge in [0.05, 0.1) is 0 Å². The van der Waals surface area contributed by atoms with Crippen molar-refractivity contribution in [3.05, 3.63) is 0 Å². The summed E-state index contributed by atoms with van der Waals surface area (Å²) in [7, 11) is 0. The maximum absolute atomic E-state index is 12.0. The Balaban J connectivity index is 2.52. The molecule has 7 nitrogen and oxygen atoms in total. The number of likely N-dealkylation sites (tertiary alicyclic amines) is 1. The number of likely N-dealkylation sites (N-methyl/N-ethyl adjacent to an activating group) is 1. The zero-order valence-corrected chi connectivity index (χ0v) is 10.7. The molecule has 1 saturated heterocycles. The highest BCUT2D eigenvalue weighted by atomic mass is 16.4. The zero-order chi connectivity index (χ0) is 13.7. The average molecular weight is 257 g/mol. The van der Waals surface area contributed by atoms with E-state index in [9.17, 15) is 14.4 Å². The minimum atomic E-state index is -1.03. The van der Waals surface area contributed by atoms with Gasteiger partial charge in [-0.25, -0.2) is 4.79 Å². The van der Waals surface area contributed by atoms with Gasteiger partial charge in [0.15, 0.2) is 0 Å². The maximum atomic E-state index is 12.0. The molecule has 0 aromatic carbocycles. The highest BCUT2D eigenvalue weighted by molar-refractivity contribution is 5.80. The quantitative estimate of drug-likeness (QED) is 0.725. The van der Waals surface area contributed by atoms with Gasteiger partial charge >= 0.3 is 12.0 Å². The minimum Gasteiger partial charge on any atom is -0.480 e. The van der Waals surface area contributed by atoms with E-state index in [0.29, 0.717) is 26.1 Å². The number of aliphatic carboxylic acids is 1. The lowest BCUT2D eigenvalue weighted by Crippen LogP contribution is -2.45. The van der Waals surface area contributed by atoms with Crippen molar-refractivity contribution in [2.75, 3.05) is 26.2 Å². The maximum Gasteiger partial charge on any atom is 0.323 e. The number of hydrogen-bond donors (Lipinski definition) is 2. The van der Waals surface area contributed by atoms with Crippen LogP contribution < -0.4 is 5.32 Å². The summed E-state index contributed by atoms with van der Waals surface area (Å²) in [6.45, 7) is 4.22. The molecule has 0 radical (unpaired) electrons. The van der Waals surface area contributed by atoms with E-state index in [4.69, 9.17) is 5.11 Å². The third-order valence-electron chi connectivity index (χ3n) is 2.84. The lowest BCUT2D eigenvalue weighted by Gasteiger charge is -2.25. The largest absolute Gasteiger partial charge is 0.480 e. The molecule has 1 atom stereocenters. The fraction of sp³-hybridized carbons (Fsp3) is 0.727. The van der Waals surface area contributed by atoms with Gasteiger partial charge in [0.2, 0.25) is 5.91 Å². The average Bonchev–Trinajstić information content (AvgIpc) is 2.72. The number of carboxylic acid groups (broad SMARTS) is 1. The van der Waals surface area contributed by atoms with Crippen molar-refractivity contribution in [2.24, 2.45) is 0 Å². The van der Waals surface area contributed by atoms with E-state index < -0.39 is 5.97 Å². The Morgan fingerprint density at radius 2 is 2.11 bits per heavy atom. The number of carboxylic acids is 1. The van der Waals surface area contributed by atoms with Gasteiger partial charge < -0.3 is 20.2 Å². The second-order valence-electron chi connectivity index (χ2n) is 4.32. The van der Waals surface area contributed by atoms with Crippen LogP contribution in [0.4, 0.5) is 4.79 Å². The molecule has 102 valence electrons. The molecule has 0 aliphatic carbocycles. The summed E-state index contributed by atoms with van der Waals surface area (Å²) in [4.78, 5) is 36.4. The van der Waals surface area contributed by atoms with Gasteiger partial charge in [0.1, 0.15) is 6.54 Å². The Labute approximate surface area is 106 Å². The summed E-state index contributed by atoms with van der Waals surface area (Å²) >= 11 is 0. The Morgan fingerprint density at radius 1 is 1.44 bits per heavy atom. The van der Waals surface area contributed by atoms with E-state index in [-0.39, 0.29) is 24.5 Å². The fourth-order valence-corrected chi connectivity index (χ4v) is 2.02. The molecule has 0 spiro atoms. The summed E-state index contributed by atoms with van der Waals surface area (Å²) < 4.78 is 0. The van der Waals surface area contributed by atoms with Crippen LogP contribution in [-0.4, -0.2) is 65.0 Å². The topological polar surface area (TPSA) is 90.0 Å². The predicted molar refractivity (Wildman–Crippen MR) is 64.1 cm³/mol. The van der Waals surface area contributed by atoms with Crippen LogP contribution in [0, 0.1) is 0 Å². The minimum absolute atomic E-state index is 0.0324. The first kappa shape index (κ1) is 14.3. The van der Waals surface area contributed by atoms with Crippen LogP contribution in [0.15, 0.2) is 0 Å². The van der Waals surface area contributed by atoms with Gasteiger partial charge in [-0.3, -0.25) is 9.59 Å². The van der Waals surface area contributed by atoms with Gasteiger partial charge in [-0.15, -0.1) is 0 Å². The van der Waals surface area contributed by atoms with Gasteiger partial charge in [-0.1, -0.05) is 0 Å². The molecule has 1 fully saturated rings. The van der Waals surface area contributed by atoms with Gasteiger partial charge in [-0.05, 0) is 13.3 Å². The van der Waals surface area contributed by atoms with Crippen LogP contribution in [0.25, 0.3) is 0 Å². The number of urea groups is 1. The van der Waals surface area contributed by atoms with E-state index >= 15 is 0 Å². The van der Waals surface area contributed by atoms with Gasteiger partial charge in [0, 0.05) is 32.6 Å². The standard InChI is InChI=1S/C11H19N3O4/c1-3-13(7-10(16)17)11(18)14-5-4-9(6-14)12-8(2)15/h9H,3-7H2,1-2H3,(H,12,15)(H,16,17). The second-order valence-corrected chi connectivity index (χ2v) is 4.32. The SMILES string of the molecule is CCN(CC(=O)O)C(=O)N1CCC(NC(C)=O)C1. The number of carbonyl (C=O) groups excluding carboxylic acids is 2. The monoisotopic (exact) mass is 257 g/mol. The number of nitrogens with zero attached hydrogens (tertiary/aromatic N) is 2. The van der Waals surface area contributed by atoms with Crippen molar-refractivity contribution in [3.8, 4) is 0 Å². The molecular formula is C11H19N3O4. The van der Waals surface area contributed by atoms with Crippen molar-refractivity contribution < 1.29 is 19.5 Å². The van der Waals surface area contributed by atoms with E-state index in [0.717, 1.165) is 0 Å². The summed E-state index contributed by atoms with van der Waals surface area (Å²) in [6, 6.07) is -0.317. The lowest BCUT2D eigenvalue weighted by molar-refractivity contribution is -0.137. The molecule has 1 aliphatic heterocycles. The molecule has 2 N–H and O–H groups in total. The first-order valence-electron chi connectivity index (χ1n) is 5.96. The van der Waals surface area contributed by atoms with Crippen molar-refractivity contribution in [2.45, 2.75) is 26.3 Å². The number of hydrogen-bond acceptors (Lipinski definition) is 3. The van der Waals surface area contributed by atoms with Crippen molar-refractivity contribution in [3.63, 3.8) is 0 Å². The first-order chi connectivity index (χ1) is 8.43. The van der Waals surface area contributed by atoms with Gasteiger partial charge in [-0.2, -0.15) is 0 Å². The molecular weight excluding hydrogens is 238 g/mol. The zero-order valence-electron chi connectivity index (χ0n) is 10.7. The third kappa shape index (κ3) is 3.90. The van der Waals surface area contributed by atoms with Crippen LogP contribution in [0.3, 0.4) is 0 Å². The van der Waals surface area contributed by atoms with E-state index in [2.05, 4.69) is 5.32 Å². The number of nitrogens with one attached hydrogen (secondary N) is 1. The highest BCUT2D eigenvalue weighted by Crippen LogP contribution is 2.11. The number of carbonyl (C=O) groups is 3. The smallest absolute Gasteiger partial charge is 0.323 e. The molecule has 0 saturated carbocycles. The Kier molecular flexibility index (Phi) is 4.94. The summed E-state index contributed by atoms with van der Waals surface area (Å²) in [6.07, 6.45) is 0.704. The summed E-state index contributed by atoms with van der Waals surface area (Å²) in [5.74, 6) is -1.14. The third-order valence-corrected chi connectivity index (χ3v) is 2.84. The van der Waals surface area contributed by atoms with Crippen LogP contribution in [0.1, 0.15) is 20.3 Å². The molecule has 1 heterocycles. The molecule has 7 heteroatoms. The molecule has 0 bridgehead atoms. The van der Waals surface area contributed by atoms with Crippen molar-refractivity contribution >= 4 is 17.9 Å². The van der Waals surface area contributed by atoms with E-state index in [1.807, 2.05) is 0 Å². The fourth-order valence-electron chi connectivity index (χ4n) is 2.02. The highest BCUT2D eigenvalue weighted by Gasteiger charge is 2.29. The van der Waals surface area contributed by atoms with Crippen LogP contribution in [0.5, 0.6) is 0 Å². The molecule has 0 aromatic rings. The van der Waals surface area contributed by atoms with E-state index in [1.54, 1.807) is 11.8 Å². The van der Waals surface area contributed by atoms with Crippen LogP contribution in [-0.2, 0) is 9.59 Å². The first-order valence-corrected chi connectivity index (χ1v) is 5.96. The van der Waals surface area contributed by atoms with E-state index in [1.165, 1.54) is 11.8 Å². The predicted octanol–water partition coefficient (Wildman–Crippen LogP) is -0.277. The number of rotatable bonds is 4. The molecule has 1 rings (SSSR count). The molecule has 0 aromatic heterocycles. The lowest BCUT2D eigenvalue weighted by atomic mass is 10.3. The van der Waals surface area contributed by atoms with Crippen LogP contribution in [0.2, 0.25) is 0 Å². The van der Waals surface area contributed by atoms with Crippen LogP contribution >= 0.6 is 0 Å². The summed E-state index contributed by atoms with van der Waals surface area (Å²) in [5.41, 5.74) is 0. The second kappa shape index (κ2) is 6.23. The molecule has 1 aliphatic rings. The summed E-state index contributed by atoms with van der Waals surface area (Å²) in [5, 5.41) is 11.5. The Bertz CT molecular complexity index is 345.